The predicted molar refractivity (Wildman–Crippen MR) is 98.9 cm³/mol. The molecule has 4 rings (SSSR count). The van der Waals surface area contributed by atoms with Crippen LogP contribution in [0.5, 0.6) is 5.75 Å². The number of rotatable bonds is 5. The molecule has 1 aliphatic heterocycles. The summed E-state index contributed by atoms with van der Waals surface area (Å²) in [7, 11) is 0. The zero-order valence-corrected chi connectivity index (χ0v) is 15.4. The number of H-pyrrole nitrogens is 1. The van der Waals surface area contributed by atoms with Crippen LogP contribution in [0.25, 0.3) is 11.3 Å². The SMILES string of the molecule is FC(F)(F)Oc1ccc(-c2cnc([C@@H]3COCCN3Cc3cccnc3)[nH]2)cc1. The van der Waals surface area contributed by atoms with Crippen molar-refractivity contribution < 1.29 is 22.6 Å². The fraction of sp³-hybridized carbons (Fsp3) is 0.300. The fourth-order valence-corrected chi connectivity index (χ4v) is 3.29. The van der Waals surface area contributed by atoms with Crippen molar-refractivity contribution in [2.75, 3.05) is 19.8 Å². The number of alkyl halides is 3. The second-order valence-electron chi connectivity index (χ2n) is 6.68. The van der Waals surface area contributed by atoms with Crippen molar-refractivity contribution in [3.05, 3.63) is 66.4 Å². The Morgan fingerprint density at radius 1 is 1.17 bits per heavy atom. The van der Waals surface area contributed by atoms with Gasteiger partial charge in [-0.1, -0.05) is 6.07 Å². The summed E-state index contributed by atoms with van der Waals surface area (Å²) in [6, 6.07) is 9.56. The maximum Gasteiger partial charge on any atom is 0.573 e. The van der Waals surface area contributed by atoms with Crippen molar-refractivity contribution in [1.29, 1.82) is 0 Å². The Morgan fingerprint density at radius 2 is 2.00 bits per heavy atom. The summed E-state index contributed by atoms with van der Waals surface area (Å²) in [5.41, 5.74) is 2.53. The summed E-state index contributed by atoms with van der Waals surface area (Å²) in [6.07, 6.45) is 0.544. The maximum atomic E-state index is 12.3. The molecule has 1 fully saturated rings. The van der Waals surface area contributed by atoms with Crippen LogP contribution in [-0.2, 0) is 11.3 Å². The van der Waals surface area contributed by atoms with Gasteiger partial charge in [-0.2, -0.15) is 0 Å². The molecule has 152 valence electrons. The molecule has 2 aromatic heterocycles. The number of benzene rings is 1. The number of aromatic amines is 1. The largest absolute Gasteiger partial charge is 0.573 e. The molecular weight excluding hydrogens is 385 g/mol. The van der Waals surface area contributed by atoms with Gasteiger partial charge in [0.2, 0.25) is 0 Å². The molecule has 0 bridgehead atoms. The Balaban J connectivity index is 1.49. The molecule has 1 N–H and O–H groups in total. The summed E-state index contributed by atoms with van der Waals surface area (Å²) in [5, 5.41) is 0. The van der Waals surface area contributed by atoms with Crippen LogP contribution in [0, 0.1) is 0 Å². The van der Waals surface area contributed by atoms with Crippen LogP contribution in [0.1, 0.15) is 17.4 Å². The van der Waals surface area contributed by atoms with E-state index in [9.17, 15) is 13.2 Å². The van der Waals surface area contributed by atoms with Crippen molar-refractivity contribution in [2.24, 2.45) is 0 Å². The first-order valence-electron chi connectivity index (χ1n) is 9.10. The third-order valence-electron chi connectivity index (χ3n) is 4.66. The number of pyridine rings is 1. The van der Waals surface area contributed by atoms with E-state index in [1.807, 2.05) is 18.3 Å². The molecule has 3 heterocycles. The lowest BCUT2D eigenvalue weighted by molar-refractivity contribution is -0.274. The van der Waals surface area contributed by atoms with E-state index in [4.69, 9.17) is 4.74 Å². The highest BCUT2D eigenvalue weighted by Crippen LogP contribution is 2.28. The molecule has 0 aliphatic carbocycles. The van der Waals surface area contributed by atoms with E-state index in [-0.39, 0.29) is 11.8 Å². The molecular formula is C20H19F3N4O2. The molecule has 0 radical (unpaired) electrons. The predicted octanol–water partition coefficient (Wildman–Crippen LogP) is 3.94. The van der Waals surface area contributed by atoms with Crippen LogP contribution in [0.15, 0.2) is 55.0 Å². The van der Waals surface area contributed by atoms with E-state index in [0.29, 0.717) is 24.5 Å². The average molecular weight is 404 g/mol. The molecule has 3 aromatic rings. The van der Waals surface area contributed by atoms with Gasteiger partial charge in [-0.05, 0) is 41.5 Å². The van der Waals surface area contributed by atoms with Crippen LogP contribution >= 0.6 is 0 Å². The normalized spacial score (nSPS) is 18.0. The van der Waals surface area contributed by atoms with Gasteiger partial charge in [0.05, 0.1) is 31.1 Å². The Bertz CT molecular complexity index is 929. The summed E-state index contributed by atoms with van der Waals surface area (Å²) in [5.74, 6) is 0.489. The van der Waals surface area contributed by atoms with Gasteiger partial charge in [0.1, 0.15) is 11.6 Å². The number of ether oxygens (including phenoxy) is 2. The van der Waals surface area contributed by atoms with E-state index < -0.39 is 6.36 Å². The number of hydrogen-bond acceptors (Lipinski definition) is 5. The molecule has 1 aliphatic rings. The third kappa shape index (κ3) is 4.93. The van der Waals surface area contributed by atoms with Crippen molar-refractivity contribution in [3.8, 4) is 17.0 Å². The van der Waals surface area contributed by atoms with Gasteiger partial charge >= 0.3 is 6.36 Å². The van der Waals surface area contributed by atoms with Crippen molar-refractivity contribution >= 4 is 0 Å². The first-order valence-corrected chi connectivity index (χ1v) is 9.10. The molecule has 0 unspecified atom stereocenters. The zero-order chi connectivity index (χ0) is 20.3. The van der Waals surface area contributed by atoms with Gasteiger partial charge in [-0.3, -0.25) is 9.88 Å². The third-order valence-corrected chi connectivity index (χ3v) is 4.66. The molecule has 0 amide bonds. The minimum Gasteiger partial charge on any atom is -0.406 e. The molecule has 0 saturated carbocycles. The lowest BCUT2D eigenvalue weighted by Gasteiger charge is -2.34. The zero-order valence-electron chi connectivity index (χ0n) is 15.4. The van der Waals surface area contributed by atoms with E-state index >= 15 is 0 Å². The van der Waals surface area contributed by atoms with E-state index in [2.05, 4.69) is 24.6 Å². The van der Waals surface area contributed by atoms with Crippen LogP contribution < -0.4 is 4.74 Å². The second-order valence-corrected chi connectivity index (χ2v) is 6.68. The first kappa shape index (κ1) is 19.4. The molecule has 6 nitrogen and oxygen atoms in total. The second kappa shape index (κ2) is 8.22. The summed E-state index contributed by atoms with van der Waals surface area (Å²) >= 11 is 0. The molecule has 1 saturated heterocycles. The highest BCUT2D eigenvalue weighted by atomic mass is 19.4. The minimum absolute atomic E-state index is 0.0504. The maximum absolute atomic E-state index is 12.3. The highest BCUT2D eigenvalue weighted by Gasteiger charge is 2.31. The Morgan fingerprint density at radius 3 is 2.72 bits per heavy atom. The molecule has 29 heavy (non-hydrogen) atoms. The summed E-state index contributed by atoms with van der Waals surface area (Å²) < 4.78 is 46.5. The number of nitrogens with one attached hydrogen (secondary N) is 1. The lowest BCUT2D eigenvalue weighted by atomic mass is 10.1. The number of nitrogens with zero attached hydrogens (tertiary/aromatic N) is 3. The number of halogens is 3. The number of hydrogen-bond donors (Lipinski definition) is 1. The average Bonchev–Trinajstić information content (AvgIpc) is 3.19. The van der Waals surface area contributed by atoms with Crippen LogP contribution in [-0.4, -0.2) is 46.0 Å². The summed E-state index contributed by atoms with van der Waals surface area (Å²) in [6.45, 7) is 2.64. The lowest BCUT2D eigenvalue weighted by Crippen LogP contribution is -2.39. The van der Waals surface area contributed by atoms with Gasteiger partial charge < -0.3 is 14.5 Å². The number of morpholine rings is 1. The van der Waals surface area contributed by atoms with Crippen LogP contribution in [0.2, 0.25) is 0 Å². The Hall–Kier alpha value is -2.91. The Labute approximate surface area is 165 Å². The smallest absolute Gasteiger partial charge is 0.406 e. The van der Waals surface area contributed by atoms with E-state index in [1.54, 1.807) is 24.5 Å². The topological polar surface area (TPSA) is 63.3 Å². The fourth-order valence-electron chi connectivity index (χ4n) is 3.29. The Kier molecular flexibility index (Phi) is 5.50. The molecule has 9 heteroatoms. The quantitative estimate of drug-likeness (QED) is 0.698. The molecule has 1 aromatic carbocycles. The number of imidazole rings is 1. The summed E-state index contributed by atoms with van der Waals surface area (Å²) in [4.78, 5) is 14.2. The molecule has 1 atom stereocenters. The molecule has 0 spiro atoms. The van der Waals surface area contributed by atoms with Gasteiger partial charge in [-0.25, -0.2) is 4.98 Å². The van der Waals surface area contributed by atoms with E-state index in [1.165, 1.54) is 12.1 Å². The van der Waals surface area contributed by atoms with Crippen molar-refractivity contribution in [2.45, 2.75) is 18.9 Å². The van der Waals surface area contributed by atoms with Gasteiger partial charge in [-0.15, -0.1) is 13.2 Å². The van der Waals surface area contributed by atoms with Crippen molar-refractivity contribution in [1.82, 2.24) is 19.9 Å². The van der Waals surface area contributed by atoms with Crippen molar-refractivity contribution in [3.63, 3.8) is 0 Å². The van der Waals surface area contributed by atoms with E-state index in [0.717, 1.165) is 24.5 Å². The first-order chi connectivity index (χ1) is 14.0. The van der Waals surface area contributed by atoms with Crippen LogP contribution in [0.4, 0.5) is 13.2 Å². The van der Waals surface area contributed by atoms with Gasteiger partial charge in [0.25, 0.3) is 0 Å². The number of aromatic nitrogens is 3. The minimum atomic E-state index is -4.71. The van der Waals surface area contributed by atoms with Gasteiger partial charge in [0.15, 0.2) is 0 Å². The highest BCUT2D eigenvalue weighted by molar-refractivity contribution is 5.59. The monoisotopic (exact) mass is 404 g/mol. The van der Waals surface area contributed by atoms with Gasteiger partial charge in [0, 0.05) is 25.5 Å². The van der Waals surface area contributed by atoms with Crippen LogP contribution in [0.3, 0.4) is 0 Å². The standard InChI is InChI=1S/C20H19F3N4O2/c21-20(22,23)29-16-5-3-15(4-6-16)17-11-25-19(26-17)18-13-28-9-8-27(18)12-14-2-1-7-24-10-14/h1-7,10-11,18H,8-9,12-13H2,(H,25,26)/t18-/m0/s1.